The van der Waals surface area contributed by atoms with E-state index in [4.69, 9.17) is 10.2 Å². The average Bonchev–Trinajstić information content (AvgIpc) is 2.68. The van der Waals surface area contributed by atoms with Gasteiger partial charge in [-0.1, -0.05) is 6.07 Å². The van der Waals surface area contributed by atoms with E-state index in [2.05, 4.69) is 0 Å². The summed E-state index contributed by atoms with van der Waals surface area (Å²) in [4.78, 5) is 0. The molecular formula is C14H16FNO. The molecule has 0 fully saturated rings. The highest BCUT2D eigenvalue weighted by atomic mass is 19.1. The summed E-state index contributed by atoms with van der Waals surface area (Å²) in [6.07, 6.45) is 2.33. The number of hydrogen-bond acceptors (Lipinski definition) is 2. The van der Waals surface area contributed by atoms with E-state index >= 15 is 0 Å². The Morgan fingerprint density at radius 1 is 1.29 bits per heavy atom. The zero-order chi connectivity index (χ0) is 12.4. The molecule has 3 heteroatoms. The molecule has 0 aliphatic rings. The highest BCUT2D eigenvalue weighted by Gasteiger charge is 2.13. The Balaban J connectivity index is 2.19. The van der Waals surface area contributed by atoms with E-state index in [1.807, 2.05) is 19.9 Å². The first-order valence-corrected chi connectivity index (χ1v) is 5.62. The standard InChI is InChI=1S/C14H16FNO/c1-9-7-12(15)4-3-11(9)8-14(16)13-5-6-17-10(13)2/h3-7,14H,8,16H2,1-2H3. The SMILES string of the molecule is Cc1cc(F)ccc1CC(N)c1ccoc1C. The lowest BCUT2D eigenvalue weighted by atomic mass is 9.97. The van der Waals surface area contributed by atoms with Crippen molar-refractivity contribution in [2.24, 2.45) is 5.73 Å². The molecule has 1 heterocycles. The smallest absolute Gasteiger partial charge is 0.123 e. The Hall–Kier alpha value is -1.61. The predicted molar refractivity (Wildman–Crippen MR) is 65.2 cm³/mol. The monoisotopic (exact) mass is 233 g/mol. The van der Waals surface area contributed by atoms with Crippen LogP contribution in [0, 0.1) is 19.7 Å². The van der Waals surface area contributed by atoms with Crippen molar-refractivity contribution >= 4 is 0 Å². The van der Waals surface area contributed by atoms with Gasteiger partial charge < -0.3 is 10.2 Å². The van der Waals surface area contributed by atoms with Gasteiger partial charge >= 0.3 is 0 Å². The molecule has 0 aliphatic carbocycles. The van der Waals surface area contributed by atoms with E-state index in [1.54, 1.807) is 12.3 Å². The maximum atomic E-state index is 13.0. The summed E-state index contributed by atoms with van der Waals surface area (Å²) >= 11 is 0. The normalized spacial score (nSPS) is 12.7. The fourth-order valence-electron chi connectivity index (χ4n) is 2.01. The molecule has 0 radical (unpaired) electrons. The Morgan fingerprint density at radius 2 is 2.06 bits per heavy atom. The Bertz CT molecular complexity index is 519. The van der Waals surface area contributed by atoms with Gasteiger partial charge in [0.15, 0.2) is 0 Å². The number of benzene rings is 1. The van der Waals surface area contributed by atoms with Gasteiger partial charge in [0.1, 0.15) is 11.6 Å². The summed E-state index contributed by atoms with van der Waals surface area (Å²) < 4.78 is 18.2. The number of aryl methyl sites for hydroxylation is 2. The van der Waals surface area contributed by atoms with Crippen molar-refractivity contribution in [2.45, 2.75) is 26.3 Å². The van der Waals surface area contributed by atoms with Gasteiger partial charge in [-0.05, 0) is 49.6 Å². The van der Waals surface area contributed by atoms with Crippen LogP contribution in [0.4, 0.5) is 4.39 Å². The van der Waals surface area contributed by atoms with Crippen LogP contribution < -0.4 is 5.73 Å². The molecule has 2 rings (SSSR count). The molecule has 1 aromatic carbocycles. The second-order valence-electron chi connectivity index (χ2n) is 4.31. The summed E-state index contributed by atoms with van der Waals surface area (Å²) in [5, 5.41) is 0. The first kappa shape index (κ1) is 11.9. The van der Waals surface area contributed by atoms with Crippen molar-refractivity contribution in [1.82, 2.24) is 0 Å². The zero-order valence-electron chi connectivity index (χ0n) is 10.0. The highest BCUT2D eigenvalue weighted by Crippen LogP contribution is 2.22. The van der Waals surface area contributed by atoms with Crippen LogP contribution in [-0.2, 0) is 6.42 Å². The molecule has 0 saturated heterocycles. The molecule has 90 valence electrons. The van der Waals surface area contributed by atoms with Crippen molar-refractivity contribution < 1.29 is 8.81 Å². The molecule has 0 saturated carbocycles. The van der Waals surface area contributed by atoms with Crippen molar-refractivity contribution in [3.05, 3.63) is 58.8 Å². The number of furan rings is 1. The first-order valence-electron chi connectivity index (χ1n) is 5.62. The quantitative estimate of drug-likeness (QED) is 0.883. The van der Waals surface area contributed by atoms with E-state index in [1.165, 1.54) is 12.1 Å². The third kappa shape index (κ3) is 2.56. The van der Waals surface area contributed by atoms with Crippen molar-refractivity contribution in [3.63, 3.8) is 0 Å². The Morgan fingerprint density at radius 3 is 2.65 bits per heavy atom. The zero-order valence-corrected chi connectivity index (χ0v) is 10.0. The molecule has 0 spiro atoms. The van der Waals surface area contributed by atoms with E-state index in [0.29, 0.717) is 6.42 Å². The molecule has 2 N–H and O–H groups in total. The van der Waals surface area contributed by atoms with E-state index < -0.39 is 0 Å². The number of halogens is 1. The van der Waals surface area contributed by atoms with Gasteiger partial charge in [0.2, 0.25) is 0 Å². The van der Waals surface area contributed by atoms with Crippen molar-refractivity contribution in [3.8, 4) is 0 Å². The van der Waals surface area contributed by atoms with Crippen LogP contribution in [-0.4, -0.2) is 0 Å². The van der Waals surface area contributed by atoms with Gasteiger partial charge in [-0.15, -0.1) is 0 Å². The highest BCUT2D eigenvalue weighted by molar-refractivity contribution is 5.30. The van der Waals surface area contributed by atoms with Crippen LogP contribution in [0.5, 0.6) is 0 Å². The van der Waals surface area contributed by atoms with Gasteiger partial charge in [-0.2, -0.15) is 0 Å². The van der Waals surface area contributed by atoms with Crippen LogP contribution in [0.2, 0.25) is 0 Å². The van der Waals surface area contributed by atoms with Gasteiger partial charge in [0.05, 0.1) is 6.26 Å². The molecule has 1 atom stereocenters. The lowest BCUT2D eigenvalue weighted by molar-refractivity contribution is 0.523. The summed E-state index contributed by atoms with van der Waals surface area (Å²) in [5.74, 6) is 0.636. The third-order valence-corrected chi connectivity index (χ3v) is 3.04. The molecule has 0 bridgehead atoms. The maximum Gasteiger partial charge on any atom is 0.123 e. The molecule has 0 amide bonds. The van der Waals surface area contributed by atoms with Crippen molar-refractivity contribution in [2.75, 3.05) is 0 Å². The minimum absolute atomic E-state index is 0.113. The fraction of sp³-hybridized carbons (Fsp3) is 0.286. The second-order valence-corrected chi connectivity index (χ2v) is 4.31. The molecule has 2 aromatic rings. The first-order chi connectivity index (χ1) is 8.08. The van der Waals surface area contributed by atoms with E-state index in [-0.39, 0.29) is 11.9 Å². The lowest BCUT2D eigenvalue weighted by Crippen LogP contribution is -2.14. The van der Waals surface area contributed by atoms with Crippen LogP contribution in [0.3, 0.4) is 0 Å². The van der Waals surface area contributed by atoms with Crippen LogP contribution in [0.15, 0.2) is 34.9 Å². The largest absolute Gasteiger partial charge is 0.469 e. The average molecular weight is 233 g/mol. The Labute approximate surface area is 100 Å². The summed E-state index contributed by atoms with van der Waals surface area (Å²) in [7, 11) is 0. The van der Waals surface area contributed by atoms with E-state index in [9.17, 15) is 4.39 Å². The van der Waals surface area contributed by atoms with Crippen molar-refractivity contribution in [1.29, 1.82) is 0 Å². The molecule has 17 heavy (non-hydrogen) atoms. The number of hydrogen-bond donors (Lipinski definition) is 1. The third-order valence-electron chi connectivity index (χ3n) is 3.04. The predicted octanol–water partition coefficient (Wildman–Crippen LogP) is 3.28. The molecular weight excluding hydrogens is 217 g/mol. The summed E-state index contributed by atoms with van der Waals surface area (Å²) in [6.45, 7) is 3.79. The van der Waals surface area contributed by atoms with E-state index in [0.717, 1.165) is 22.5 Å². The lowest BCUT2D eigenvalue weighted by Gasteiger charge is -2.12. The van der Waals surface area contributed by atoms with Crippen LogP contribution in [0.25, 0.3) is 0 Å². The van der Waals surface area contributed by atoms with Crippen LogP contribution >= 0.6 is 0 Å². The summed E-state index contributed by atoms with van der Waals surface area (Å²) in [5.41, 5.74) is 9.13. The maximum absolute atomic E-state index is 13.0. The van der Waals surface area contributed by atoms with Gasteiger partial charge in [-0.3, -0.25) is 0 Å². The molecule has 1 aromatic heterocycles. The minimum Gasteiger partial charge on any atom is -0.469 e. The molecule has 1 unspecified atom stereocenters. The molecule has 0 aliphatic heterocycles. The molecule has 2 nitrogen and oxygen atoms in total. The van der Waals surface area contributed by atoms with Gasteiger partial charge in [0.25, 0.3) is 0 Å². The second kappa shape index (κ2) is 4.72. The van der Waals surface area contributed by atoms with Gasteiger partial charge in [0, 0.05) is 11.6 Å². The number of rotatable bonds is 3. The minimum atomic E-state index is -0.209. The fourth-order valence-corrected chi connectivity index (χ4v) is 2.01. The topological polar surface area (TPSA) is 39.2 Å². The summed E-state index contributed by atoms with van der Waals surface area (Å²) in [6, 6.07) is 6.57. The van der Waals surface area contributed by atoms with Crippen LogP contribution in [0.1, 0.15) is 28.5 Å². The van der Waals surface area contributed by atoms with Gasteiger partial charge in [-0.25, -0.2) is 4.39 Å². The Kier molecular flexibility index (Phi) is 3.29. The number of nitrogens with two attached hydrogens (primary N) is 1.